The van der Waals surface area contributed by atoms with Crippen LogP contribution >= 0.6 is 23.1 Å². The maximum atomic E-state index is 10.9. The molecule has 1 N–H and O–H groups in total. The number of aromatic carboxylic acids is 1. The van der Waals surface area contributed by atoms with Crippen LogP contribution in [0.5, 0.6) is 0 Å². The average Bonchev–Trinajstić information content (AvgIpc) is 2.82. The molecule has 2 nitrogen and oxygen atoms in total. The van der Waals surface area contributed by atoms with Crippen molar-refractivity contribution < 1.29 is 9.90 Å². The molecule has 1 aliphatic heterocycles. The van der Waals surface area contributed by atoms with E-state index in [1.807, 2.05) is 18.2 Å². The van der Waals surface area contributed by atoms with Crippen molar-refractivity contribution in [2.45, 2.75) is 5.25 Å². The minimum Gasteiger partial charge on any atom is -0.477 e. The van der Waals surface area contributed by atoms with Gasteiger partial charge in [-0.2, -0.15) is 0 Å². The smallest absolute Gasteiger partial charge is 0.345 e. The van der Waals surface area contributed by atoms with Gasteiger partial charge in [-0.1, -0.05) is 24.3 Å². The molecular formula is C14H10O2S2. The summed E-state index contributed by atoms with van der Waals surface area (Å²) in [5.74, 6) is -0.854. The standard InChI is InChI=1S/C14H10O2S2/c15-14(16)13-8-10-7-9(4-5-12(10)18-13)11-3-1-2-6-17-11/h1-8,11H,(H,15,16). The topological polar surface area (TPSA) is 37.3 Å². The number of carboxylic acids is 1. The van der Waals surface area contributed by atoms with E-state index >= 15 is 0 Å². The molecule has 2 aromatic rings. The molecule has 90 valence electrons. The maximum Gasteiger partial charge on any atom is 0.345 e. The fourth-order valence-corrected chi connectivity index (χ4v) is 3.64. The van der Waals surface area contributed by atoms with E-state index in [9.17, 15) is 4.79 Å². The summed E-state index contributed by atoms with van der Waals surface area (Å²) in [6.45, 7) is 0. The molecule has 0 bridgehead atoms. The van der Waals surface area contributed by atoms with Crippen molar-refractivity contribution in [2.75, 3.05) is 0 Å². The second-order valence-electron chi connectivity index (χ2n) is 3.98. The Morgan fingerprint density at radius 1 is 1.22 bits per heavy atom. The van der Waals surface area contributed by atoms with Crippen LogP contribution in [0.4, 0.5) is 0 Å². The Kier molecular flexibility index (Phi) is 2.97. The van der Waals surface area contributed by atoms with Crippen LogP contribution in [0.1, 0.15) is 20.5 Å². The normalized spacial score (nSPS) is 18.3. The second-order valence-corrected chi connectivity index (χ2v) is 6.12. The molecule has 0 saturated heterocycles. The van der Waals surface area contributed by atoms with Crippen molar-refractivity contribution in [3.8, 4) is 0 Å². The predicted octanol–water partition coefficient (Wildman–Crippen LogP) is 4.46. The molecule has 1 unspecified atom stereocenters. The highest BCUT2D eigenvalue weighted by Gasteiger charge is 2.12. The number of allylic oxidation sites excluding steroid dienone is 2. The van der Waals surface area contributed by atoms with E-state index in [1.54, 1.807) is 17.8 Å². The number of benzene rings is 1. The number of thiophene rings is 1. The molecule has 1 atom stereocenters. The van der Waals surface area contributed by atoms with E-state index in [0.717, 1.165) is 10.1 Å². The number of hydrogen-bond donors (Lipinski definition) is 1. The molecule has 3 rings (SSSR count). The summed E-state index contributed by atoms with van der Waals surface area (Å²) >= 11 is 3.08. The summed E-state index contributed by atoms with van der Waals surface area (Å²) in [5.41, 5.74) is 1.21. The first-order valence-electron chi connectivity index (χ1n) is 5.49. The van der Waals surface area contributed by atoms with Gasteiger partial charge in [-0.25, -0.2) is 4.79 Å². The van der Waals surface area contributed by atoms with Gasteiger partial charge in [0.25, 0.3) is 0 Å². The van der Waals surface area contributed by atoms with Gasteiger partial charge in [-0.15, -0.1) is 23.1 Å². The van der Waals surface area contributed by atoms with Gasteiger partial charge in [-0.05, 0) is 34.6 Å². The van der Waals surface area contributed by atoms with Crippen LogP contribution in [0.3, 0.4) is 0 Å². The number of hydrogen-bond acceptors (Lipinski definition) is 3. The van der Waals surface area contributed by atoms with E-state index in [4.69, 9.17) is 5.11 Å². The van der Waals surface area contributed by atoms with Gasteiger partial charge in [-0.3, -0.25) is 0 Å². The molecule has 2 heterocycles. The molecule has 0 amide bonds. The predicted molar refractivity (Wildman–Crippen MR) is 77.4 cm³/mol. The molecule has 1 aliphatic rings. The zero-order valence-corrected chi connectivity index (χ0v) is 11.0. The van der Waals surface area contributed by atoms with Crippen LogP contribution in [0, 0.1) is 0 Å². The Morgan fingerprint density at radius 2 is 2.11 bits per heavy atom. The van der Waals surface area contributed by atoms with Crippen molar-refractivity contribution in [3.63, 3.8) is 0 Å². The maximum absolute atomic E-state index is 10.9. The fraction of sp³-hybridized carbons (Fsp3) is 0.0714. The van der Waals surface area contributed by atoms with Crippen LogP contribution in [0.2, 0.25) is 0 Å². The Morgan fingerprint density at radius 3 is 2.83 bits per heavy atom. The molecule has 0 radical (unpaired) electrons. The summed E-state index contributed by atoms with van der Waals surface area (Å²) in [6.07, 6.45) is 6.21. The monoisotopic (exact) mass is 274 g/mol. The SMILES string of the molecule is O=C(O)c1cc2cc(C3C=CC=CS3)ccc2s1. The van der Waals surface area contributed by atoms with E-state index in [1.165, 1.54) is 16.9 Å². The summed E-state index contributed by atoms with van der Waals surface area (Å²) in [5, 5.41) is 12.4. The third kappa shape index (κ3) is 2.09. The van der Waals surface area contributed by atoms with E-state index in [0.29, 0.717) is 10.1 Å². The molecule has 1 aromatic heterocycles. The molecule has 1 aromatic carbocycles. The number of carbonyl (C=O) groups is 1. The molecule has 4 heteroatoms. The molecule has 0 spiro atoms. The first-order valence-corrected chi connectivity index (χ1v) is 7.25. The Hall–Kier alpha value is -1.52. The van der Waals surface area contributed by atoms with Crippen molar-refractivity contribution in [3.05, 3.63) is 58.3 Å². The average molecular weight is 274 g/mol. The zero-order valence-electron chi connectivity index (χ0n) is 9.37. The highest BCUT2D eigenvalue weighted by Crippen LogP contribution is 2.36. The summed E-state index contributed by atoms with van der Waals surface area (Å²) < 4.78 is 1.02. The summed E-state index contributed by atoms with van der Waals surface area (Å²) in [6, 6.07) is 7.92. The van der Waals surface area contributed by atoms with Gasteiger partial charge in [0.05, 0.1) is 5.25 Å². The van der Waals surface area contributed by atoms with Crippen molar-refractivity contribution in [2.24, 2.45) is 0 Å². The first kappa shape index (κ1) is 11.6. The largest absolute Gasteiger partial charge is 0.477 e. The third-order valence-electron chi connectivity index (χ3n) is 2.78. The highest BCUT2D eigenvalue weighted by molar-refractivity contribution is 8.02. The second kappa shape index (κ2) is 4.63. The first-order chi connectivity index (χ1) is 8.74. The number of carboxylic acid groups (broad SMARTS) is 1. The quantitative estimate of drug-likeness (QED) is 0.878. The van der Waals surface area contributed by atoms with Gasteiger partial charge in [0.15, 0.2) is 0 Å². The van der Waals surface area contributed by atoms with Crippen molar-refractivity contribution in [1.29, 1.82) is 0 Å². The Bertz CT molecular complexity index is 667. The summed E-state index contributed by atoms with van der Waals surface area (Å²) in [7, 11) is 0. The van der Waals surface area contributed by atoms with Crippen LogP contribution in [0.25, 0.3) is 10.1 Å². The van der Waals surface area contributed by atoms with Gasteiger partial charge in [0, 0.05) is 4.70 Å². The molecule has 0 aliphatic carbocycles. The van der Waals surface area contributed by atoms with Crippen LogP contribution in [0.15, 0.2) is 47.9 Å². The van der Waals surface area contributed by atoms with Crippen LogP contribution in [-0.4, -0.2) is 11.1 Å². The van der Waals surface area contributed by atoms with E-state index in [2.05, 4.69) is 23.6 Å². The number of thioether (sulfide) groups is 1. The molecule has 0 saturated carbocycles. The van der Waals surface area contributed by atoms with Crippen molar-refractivity contribution >= 4 is 39.2 Å². The lowest BCUT2D eigenvalue weighted by Gasteiger charge is -2.12. The lowest BCUT2D eigenvalue weighted by molar-refractivity contribution is 0.0702. The number of rotatable bonds is 2. The van der Waals surface area contributed by atoms with Gasteiger partial charge in [0.1, 0.15) is 4.88 Å². The van der Waals surface area contributed by atoms with Crippen molar-refractivity contribution in [1.82, 2.24) is 0 Å². The minimum atomic E-state index is -0.854. The minimum absolute atomic E-state index is 0.326. The van der Waals surface area contributed by atoms with E-state index < -0.39 is 5.97 Å². The molecule has 0 fully saturated rings. The molecular weight excluding hydrogens is 264 g/mol. The Labute approximate surface area is 113 Å². The molecule has 18 heavy (non-hydrogen) atoms. The summed E-state index contributed by atoms with van der Waals surface area (Å²) in [4.78, 5) is 11.3. The van der Waals surface area contributed by atoms with Crippen LogP contribution < -0.4 is 0 Å². The lowest BCUT2D eigenvalue weighted by Crippen LogP contribution is -1.90. The lowest BCUT2D eigenvalue weighted by atomic mass is 10.1. The number of fused-ring (bicyclic) bond motifs is 1. The fourth-order valence-electron chi connectivity index (χ4n) is 1.92. The van der Waals surface area contributed by atoms with E-state index in [-0.39, 0.29) is 0 Å². The highest BCUT2D eigenvalue weighted by atomic mass is 32.2. The van der Waals surface area contributed by atoms with Crippen LogP contribution in [-0.2, 0) is 0 Å². The van der Waals surface area contributed by atoms with Gasteiger partial charge >= 0.3 is 5.97 Å². The zero-order chi connectivity index (χ0) is 12.5. The van der Waals surface area contributed by atoms with Gasteiger partial charge in [0.2, 0.25) is 0 Å². The Balaban J connectivity index is 2.02. The third-order valence-corrected chi connectivity index (χ3v) is 4.92. The van der Waals surface area contributed by atoms with Gasteiger partial charge < -0.3 is 5.11 Å².